The molecule has 1 amide bonds. The fourth-order valence-electron chi connectivity index (χ4n) is 2.71. The van der Waals surface area contributed by atoms with Gasteiger partial charge in [-0.15, -0.1) is 22.0 Å². The van der Waals surface area contributed by atoms with Gasteiger partial charge in [-0.1, -0.05) is 29.8 Å². The van der Waals surface area contributed by atoms with Crippen molar-refractivity contribution in [1.82, 2.24) is 15.1 Å². The maximum Gasteiger partial charge on any atom is 0.247 e. The van der Waals surface area contributed by atoms with Crippen LogP contribution in [0.3, 0.4) is 0 Å². The van der Waals surface area contributed by atoms with E-state index in [1.807, 2.05) is 80.6 Å². The molecule has 1 atom stereocenters. The van der Waals surface area contributed by atoms with E-state index in [4.69, 9.17) is 4.42 Å². The molecule has 28 heavy (non-hydrogen) atoms. The van der Waals surface area contributed by atoms with Gasteiger partial charge in [-0.25, -0.2) is 0 Å². The second-order valence-corrected chi connectivity index (χ2v) is 7.50. The third-order valence-corrected chi connectivity index (χ3v) is 5.33. The van der Waals surface area contributed by atoms with E-state index >= 15 is 0 Å². The van der Waals surface area contributed by atoms with Crippen molar-refractivity contribution < 1.29 is 9.21 Å². The molecule has 0 aliphatic rings. The molecule has 0 aliphatic heterocycles. The van der Waals surface area contributed by atoms with Crippen LogP contribution in [0.5, 0.6) is 0 Å². The molecule has 1 N–H and O–H groups in total. The molecule has 0 saturated heterocycles. The Labute approximate surface area is 169 Å². The zero-order chi connectivity index (χ0) is 20.1. The van der Waals surface area contributed by atoms with Crippen LogP contribution >= 0.6 is 11.8 Å². The first kappa shape index (κ1) is 20.1. The van der Waals surface area contributed by atoms with Crippen LogP contribution in [-0.4, -0.2) is 40.9 Å². The summed E-state index contributed by atoms with van der Waals surface area (Å²) in [5, 5.41) is 11.3. The average molecular weight is 397 g/mol. The minimum Gasteiger partial charge on any atom is -0.419 e. The quantitative estimate of drug-likeness (QED) is 0.597. The minimum atomic E-state index is -0.187. The molecule has 6 nitrogen and oxygen atoms in total. The molecule has 3 aromatic rings. The van der Waals surface area contributed by atoms with Crippen LogP contribution in [0.4, 0.5) is 5.69 Å². The van der Waals surface area contributed by atoms with Crippen LogP contribution in [0.15, 0.2) is 57.8 Å². The van der Waals surface area contributed by atoms with Gasteiger partial charge in [0.05, 0.1) is 18.3 Å². The molecule has 1 aromatic heterocycles. The number of aromatic nitrogens is 2. The highest BCUT2D eigenvalue weighted by Crippen LogP contribution is 2.25. The number of hydrogen-bond acceptors (Lipinski definition) is 6. The number of amides is 1. The van der Waals surface area contributed by atoms with Crippen LogP contribution in [0.2, 0.25) is 0 Å². The number of nitrogens with zero attached hydrogens (tertiary/aromatic N) is 3. The van der Waals surface area contributed by atoms with Gasteiger partial charge in [-0.05, 0) is 51.4 Å². The second-order valence-electron chi connectivity index (χ2n) is 6.65. The van der Waals surface area contributed by atoms with Crippen molar-refractivity contribution in [2.24, 2.45) is 0 Å². The van der Waals surface area contributed by atoms with Gasteiger partial charge in [-0.3, -0.25) is 9.69 Å². The third kappa shape index (κ3) is 4.79. The summed E-state index contributed by atoms with van der Waals surface area (Å²) >= 11 is 1.60. The van der Waals surface area contributed by atoms with Crippen LogP contribution in [-0.2, 0) is 4.79 Å². The van der Waals surface area contributed by atoms with E-state index in [1.165, 1.54) is 5.56 Å². The molecule has 0 fully saturated rings. The van der Waals surface area contributed by atoms with Crippen molar-refractivity contribution in [3.8, 4) is 11.5 Å². The number of carbonyl (C=O) groups is 1. The van der Waals surface area contributed by atoms with Crippen molar-refractivity contribution in [3.05, 3.63) is 60.0 Å². The van der Waals surface area contributed by atoms with Crippen molar-refractivity contribution in [1.29, 1.82) is 0 Å². The van der Waals surface area contributed by atoms with Gasteiger partial charge in [0.2, 0.25) is 17.7 Å². The van der Waals surface area contributed by atoms with E-state index in [2.05, 4.69) is 15.5 Å². The summed E-state index contributed by atoms with van der Waals surface area (Å²) in [6.45, 7) is 4.18. The number of thioether (sulfide) groups is 1. The summed E-state index contributed by atoms with van der Waals surface area (Å²) < 4.78 is 5.83. The van der Waals surface area contributed by atoms with Crippen molar-refractivity contribution >= 4 is 23.4 Å². The Hall–Kier alpha value is -2.64. The molecule has 0 spiro atoms. The molecule has 0 radical (unpaired) electrons. The Kier molecular flexibility index (Phi) is 6.49. The Morgan fingerprint density at radius 1 is 1.18 bits per heavy atom. The Balaban J connectivity index is 1.63. The number of aryl methyl sites for hydroxylation is 1. The number of carbonyl (C=O) groups excluding carboxylic acids is 1. The van der Waals surface area contributed by atoms with Crippen LogP contribution in [0, 0.1) is 6.92 Å². The second kappa shape index (κ2) is 9.03. The minimum absolute atomic E-state index is 0.0888. The highest BCUT2D eigenvalue weighted by atomic mass is 32.2. The average Bonchev–Trinajstić information content (AvgIpc) is 3.18. The predicted molar refractivity (Wildman–Crippen MR) is 112 cm³/mol. The summed E-state index contributed by atoms with van der Waals surface area (Å²) in [5.74, 6) is 0.873. The lowest BCUT2D eigenvalue weighted by atomic mass is 10.1. The normalized spacial score (nSPS) is 12.2. The first-order valence-corrected chi connectivity index (χ1v) is 10.2. The van der Waals surface area contributed by atoms with Crippen LogP contribution in [0.25, 0.3) is 11.5 Å². The van der Waals surface area contributed by atoms with E-state index in [0.717, 1.165) is 16.1 Å². The summed E-state index contributed by atoms with van der Waals surface area (Å²) in [4.78, 5) is 15.4. The zero-order valence-corrected chi connectivity index (χ0v) is 17.3. The molecule has 0 saturated carbocycles. The summed E-state index contributed by atoms with van der Waals surface area (Å²) in [7, 11) is 1.86. The predicted octanol–water partition coefficient (Wildman–Crippen LogP) is 4.40. The van der Waals surface area contributed by atoms with Gasteiger partial charge >= 0.3 is 0 Å². The molecule has 0 aliphatic carbocycles. The van der Waals surface area contributed by atoms with Crippen molar-refractivity contribution in [2.75, 3.05) is 25.2 Å². The van der Waals surface area contributed by atoms with E-state index in [-0.39, 0.29) is 18.5 Å². The largest absolute Gasteiger partial charge is 0.419 e. The number of hydrogen-bond donors (Lipinski definition) is 1. The van der Waals surface area contributed by atoms with Gasteiger partial charge in [0, 0.05) is 10.5 Å². The summed E-state index contributed by atoms with van der Waals surface area (Å²) in [6.07, 6.45) is 1.99. The lowest BCUT2D eigenvalue weighted by Gasteiger charge is -2.21. The lowest BCUT2D eigenvalue weighted by molar-refractivity contribution is -0.117. The number of anilines is 1. The Bertz CT molecular complexity index is 940. The van der Waals surface area contributed by atoms with Gasteiger partial charge < -0.3 is 9.73 Å². The van der Waals surface area contributed by atoms with Gasteiger partial charge in [0.15, 0.2) is 0 Å². The molecular weight excluding hydrogens is 372 g/mol. The maximum absolute atomic E-state index is 12.5. The lowest BCUT2D eigenvalue weighted by Crippen LogP contribution is -2.32. The van der Waals surface area contributed by atoms with E-state index in [1.54, 1.807) is 11.8 Å². The fraction of sp³-hybridized carbons (Fsp3) is 0.286. The van der Waals surface area contributed by atoms with Crippen LogP contribution in [0.1, 0.15) is 24.4 Å². The molecular formula is C21H24N4O2S. The van der Waals surface area contributed by atoms with Gasteiger partial charge in [-0.2, -0.15) is 0 Å². The Morgan fingerprint density at radius 2 is 1.89 bits per heavy atom. The zero-order valence-electron chi connectivity index (χ0n) is 16.5. The highest BCUT2D eigenvalue weighted by Gasteiger charge is 2.21. The number of likely N-dealkylation sites (N-methyl/N-ethyl adjacent to an activating group) is 1. The highest BCUT2D eigenvalue weighted by molar-refractivity contribution is 7.98. The third-order valence-electron chi connectivity index (χ3n) is 4.53. The molecule has 1 heterocycles. The molecule has 146 valence electrons. The first-order chi connectivity index (χ1) is 13.5. The van der Waals surface area contributed by atoms with Crippen molar-refractivity contribution in [2.45, 2.75) is 24.8 Å². The summed E-state index contributed by atoms with van der Waals surface area (Å²) in [5.41, 5.74) is 2.87. The molecule has 7 heteroatoms. The Morgan fingerprint density at radius 3 is 2.61 bits per heavy atom. The smallest absolute Gasteiger partial charge is 0.247 e. The van der Waals surface area contributed by atoms with Gasteiger partial charge in [0.25, 0.3) is 0 Å². The number of benzene rings is 2. The monoisotopic (exact) mass is 396 g/mol. The number of nitrogens with one attached hydrogen (secondary N) is 1. The number of para-hydroxylation sites is 1. The SMILES string of the molecule is CSc1ccccc1NC(=O)CN(C)[C@H](C)c1nnc(-c2ccc(C)cc2)o1. The first-order valence-electron chi connectivity index (χ1n) is 9.01. The maximum atomic E-state index is 12.5. The van der Waals surface area contributed by atoms with E-state index in [9.17, 15) is 4.79 Å². The van der Waals surface area contributed by atoms with E-state index in [0.29, 0.717) is 11.8 Å². The molecule has 0 unspecified atom stereocenters. The number of rotatable bonds is 7. The van der Waals surface area contributed by atoms with Crippen molar-refractivity contribution in [3.63, 3.8) is 0 Å². The molecule has 3 rings (SSSR count). The van der Waals surface area contributed by atoms with Crippen LogP contribution < -0.4 is 5.32 Å². The molecule has 2 aromatic carbocycles. The fourth-order valence-corrected chi connectivity index (χ4v) is 3.26. The summed E-state index contributed by atoms with van der Waals surface area (Å²) in [6, 6.07) is 15.5. The molecule has 0 bridgehead atoms. The van der Waals surface area contributed by atoms with Gasteiger partial charge in [0.1, 0.15) is 0 Å². The van der Waals surface area contributed by atoms with E-state index < -0.39 is 0 Å². The topological polar surface area (TPSA) is 71.3 Å². The standard InChI is InChI=1S/C21H24N4O2S/c1-14-9-11-16(12-10-14)21-24-23-20(27-21)15(2)25(3)13-19(26)22-17-7-5-6-8-18(17)28-4/h5-12,15H,13H2,1-4H3,(H,22,26)/t15-/m1/s1.